The molecule has 13 heavy (non-hydrogen) atoms. The van der Waals surface area contributed by atoms with E-state index < -0.39 is 0 Å². The van der Waals surface area contributed by atoms with Crippen molar-refractivity contribution in [1.82, 2.24) is 5.32 Å². The molecule has 0 saturated carbocycles. The molecule has 3 nitrogen and oxygen atoms in total. The van der Waals surface area contributed by atoms with Gasteiger partial charge in [-0.1, -0.05) is 27.7 Å². The lowest BCUT2D eigenvalue weighted by Crippen LogP contribution is -2.36. The fourth-order valence-corrected chi connectivity index (χ4v) is 0.779. The predicted octanol–water partition coefficient (Wildman–Crippen LogP) is 0.989. The van der Waals surface area contributed by atoms with Gasteiger partial charge in [0.2, 0.25) is 5.91 Å². The maximum atomic E-state index is 11.3. The summed E-state index contributed by atoms with van der Waals surface area (Å²) in [7, 11) is 0. The Bertz CT molecular complexity index is 157. The molecule has 0 aliphatic rings. The number of rotatable bonds is 5. The van der Waals surface area contributed by atoms with E-state index in [-0.39, 0.29) is 11.8 Å². The van der Waals surface area contributed by atoms with E-state index >= 15 is 0 Å². The molecule has 0 rings (SSSR count). The van der Waals surface area contributed by atoms with E-state index in [2.05, 4.69) is 26.1 Å². The van der Waals surface area contributed by atoms with E-state index in [1.54, 1.807) is 0 Å². The van der Waals surface area contributed by atoms with Crippen LogP contribution in [0.15, 0.2) is 0 Å². The van der Waals surface area contributed by atoms with E-state index in [0.29, 0.717) is 18.4 Å². The van der Waals surface area contributed by atoms with Gasteiger partial charge in [-0.25, -0.2) is 0 Å². The van der Waals surface area contributed by atoms with Crippen molar-refractivity contribution in [3.63, 3.8) is 0 Å². The number of hydrogen-bond donors (Lipinski definition) is 2. The second-order valence-electron chi connectivity index (χ2n) is 4.10. The van der Waals surface area contributed by atoms with Crippen LogP contribution in [0.4, 0.5) is 0 Å². The van der Waals surface area contributed by atoms with Crippen LogP contribution in [0.25, 0.3) is 0 Å². The highest BCUT2D eigenvalue weighted by molar-refractivity contribution is 5.78. The summed E-state index contributed by atoms with van der Waals surface area (Å²) in [4.78, 5) is 11.3. The summed E-state index contributed by atoms with van der Waals surface area (Å²) >= 11 is 0. The SMILES string of the molecule is CC(CN)C(=O)NCC(C)C(C)C. The van der Waals surface area contributed by atoms with E-state index in [4.69, 9.17) is 5.73 Å². The average Bonchev–Trinajstić information content (AvgIpc) is 2.11. The second kappa shape index (κ2) is 5.97. The number of carbonyl (C=O) groups is 1. The molecule has 1 amide bonds. The van der Waals surface area contributed by atoms with Crippen molar-refractivity contribution in [2.75, 3.05) is 13.1 Å². The molecule has 2 unspecified atom stereocenters. The standard InChI is InChI=1S/C10H22N2O/c1-7(2)9(4)6-12-10(13)8(3)5-11/h7-9H,5-6,11H2,1-4H3,(H,12,13). The molecule has 3 heteroatoms. The zero-order chi connectivity index (χ0) is 10.4. The van der Waals surface area contributed by atoms with Crippen molar-refractivity contribution in [3.8, 4) is 0 Å². The van der Waals surface area contributed by atoms with Gasteiger partial charge in [-0.3, -0.25) is 4.79 Å². The van der Waals surface area contributed by atoms with Crippen LogP contribution in [0.5, 0.6) is 0 Å². The van der Waals surface area contributed by atoms with Crippen molar-refractivity contribution < 1.29 is 4.79 Å². The summed E-state index contributed by atoms with van der Waals surface area (Å²) in [5, 5.41) is 2.90. The molecular formula is C10H22N2O. The summed E-state index contributed by atoms with van der Waals surface area (Å²) in [5.74, 6) is 1.12. The summed E-state index contributed by atoms with van der Waals surface area (Å²) in [6.45, 7) is 9.46. The van der Waals surface area contributed by atoms with E-state index in [9.17, 15) is 4.79 Å². The first-order chi connectivity index (χ1) is 5.99. The number of hydrogen-bond acceptors (Lipinski definition) is 2. The van der Waals surface area contributed by atoms with Crippen LogP contribution in [-0.4, -0.2) is 19.0 Å². The number of nitrogens with two attached hydrogens (primary N) is 1. The molecule has 0 radical (unpaired) electrons. The molecule has 0 aliphatic heterocycles. The van der Waals surface area contributed by atoms with Crippen molar-refractivity contribution in [2.24, 2.45) is 23.5 Å². The van der Waals surface area contributed by atoms with Gasteiger partial charge in [0.1, 0.15) is 0 Å². The first kappa shape index (κ1) is 12.4. The lowest BCUT2D eigenvalue weighted by Gasteiger charge is -2.17. The molecule has 0 aliphatic carbocycles. The Morgan fingerprint density at radius 3 is 2.23 bits per heavy atom. The highest BCUT2D eigenvalue weighted by Crippen LogP contribution is 2.07. The average molecular weight is 186 g/mol. The Morgan fingerprint density at radius 1 is 1.31 bits per heavy atom. The van der Waals surface area contributed by atoms with Gasteiger partial charge in [0.15, 0.2) is 0 Å². The van der Waals surface area contributed by atoms with Crippen LogP contribution in [0, 0.1) is 17.8 Å². The van der Waals surface area contributed by atoms with Gasteiger partial charge >= 0.3 is 0 Å². The molecule has 0 fully saturated rings. The van der Waals surface area contributed by atoms with Gasteiger partial charge in [0.25, 0.3) is 0 Å². The molecule has 0 heterocycles. The van der Waals surface area contributed by atoms with Crippen LogP contribution < -0.4 is 11.1 Å². The lowest BCUT2D eigenvalue weighted by molar-refractivity contribution is -0.124. The molecule has 78 valence electrons. The summed E-state index contributed by atoms with van der Waals surface area (Å²) in [5.41, 5.74) is 5.38. The number of carbonyl (C=O) groups excluding carboxylic acids is 1. The third-order valence-electron chi connectivity index (χ3n) is 2.54. The Hall–Kier alpha value is -0.570. The molecular weight excluding hydrogens is 164 g/mol. The summed E-state index contributed by atoms with van der Waals surface area (Å²) in [6, 6.07) is 0. The maximum absolute atomic E-state index is 11.3. The quantitative estimate of drug-likeness (QED) is 0.672. The fourth-order valence-electron chi connectivity index (χ4n) is 0.779. The highest BCUT2D eigenvalue weighted by Gasteiger charge is 2.12. The van der Waals surface area contributed by atoms with Gasteiger partial charge in [0.05, 0.1) is 0 Å². The highest BCUT2D eigenvalue weighted by atomic mass is 16.1. The second-order valence-corrected chi connectivity index (χ2v) is 4.10. The number of amides is 1. The molecule has 0 saturated heterocycles. The van der Waals surface area contributed by atoms with Crippen LogP contribution in [0.2, 0.25) is 0 Å². The monoisotopic (exact) mass is 186 g/mol. The van der Waals surface area contributed by atoms with E-state index in [0.717, 1.165) is 6.54 Å². The smallest absolute Gasteiger partial charge is 0.224 e. The minimum Gasteiger partial charge on any atom is -0.356 e. The minimum absolute atomic E-state index is 0.0648. The van der Waals surface area contributed by atoms with Crippen molar-refractivity contribution >= 4 is 5.91 Å². The molecule has 3 N–H and O–H groups in total. The van der Waals surface area contributed by atoms with Crippen molar-refractivity contribution in [2.45, 2.75) is 27.7 Å². The lowest BCUT2D eigenvalue weighted by atomic mass is 9.98. The maximum Gasteiger partial charge on any atom is 0.224 e. The number of nitrogens with one attached hydrogen (secondary N) is 1. The topological polar surface area (TPSA) is 55.1 Å². The molecule has 0 aromatic heterocycles. The molecule has 0 bridgehead atoms. The predicted molar refractivity (Wildman–Crippen MR) is 55.2 cm³/mol. The zero-order valence-electron chi connectivity index (χ0n) is 9.13. The Balaban J connectivity index is 3.70. The largest absolute Gasteiger partial charge is 0.356 e. The van der Waals surface area contributed by atoms with Gasteiger partial charge in [0, 0.05) is 19.0 Å². The van der Waals surface area contributed by atoms with Crippen LogP contribution >= 0.6 is 0 Å². The van der Waals surface area contributed by atoms with Gasteiger partial charge in [-0.15, -0.1) is 0 Å². The first-order valence-electron chi connectivity index (χ1n) is 4.96. The summed E-state index contributed by atoms with van der Waals surface area (Å²) < 4.78 is 0. The van der Waals surface area contributed by atoms with E-state index in [1.165, 1.54) is 0 Å². The van der Waals surface area contributed by atoms with Crippen molar-refractivity contribution in [1.29, 1.82) is 0 Å². The Morgan fingerprint density at radius 2 is 1.85 bits per heavy atom. The van der Waals surface area contributed by atoms with Gasteiger partial charge < -0.3 is 11.1 Å². The van der Waals surface area contributed by atoms with E-state index in [1.807, 2.05) is 6.92 Å². The molecule has 0 spiro atoms. The molecule has 0 aromatic carbocycles. The van der Waals surface area contributed by atoms with Crippen LogP contribution in [0.1, 0.15) is 27.7 Å². The molecule has 0 aromatic rings. The Kier molecular flexibility index (Phi) is 5.71. The van der Waals surface area contributed by atoms with Gasteiger partial charge in [-0.2, -0.15) is 0 Å². The normalized spacial score (nSPS) is 15.5. The minimum atomic E-state index is -0.0700. The van der Waals surface area contributed by atoms with Crippen LogP contribution in [-0.2, 0) is 4.79 Å². The Labute approximate surface area is 81.1 Å². The third kappa shape index (κ3) is 4.88. The van der Waals surface area contributed by atoms with Crippen LogP contribution in [0.3, 0.4) is 0 Å². The summed E-state index contributed by atoms with van der Waals surface area (Å²) in [6.07, 6.45) is 0. The zero-order valence-corrected chi connectivity index (χ0v) is 9.13. The van der Waals surface area contributed by atoms with Gasteiger partial charge in [-0.05, 0) is 11.8 Å². The van der Waals surface area contributed by atoms with Crippen molar-refractivity contribution in [3.05, 3.63) is 0 Å². The molecule has 2 atom stereocenters. The first-order valence-corrected chi connectivity index (χ1v) is 4.96. The third-order valence-corrected chi connectivity index (χ3v) is 2.54. The fraction of sp³-hybridized carbons (Fsp3) is 0.900.